The number of methoxy groups -OCH3 is 1. The van der Waals surface area contributed by atoms with E-state index < -0.39 is 0 Å². The first-order chi connectivity index (χ1) is 8.22. The van der Waals surface area contributed by atoms with Gasteiger partial charge in [0, 0.05) is 20.2 Å². The van der Waals surface area contributed by atoms with Gasteiger partial charge in [0.05, 0.1) is 17.4 Å². The maximum Gasteiger partial charge on any atom is 0.159 e. The van der Waals surface area contributed by atoms with E-state index in [1.54, 1.807) is 37.3 Å². The number of aromatic nitrogens is 4. The van der Waals surface area contributed by atoms with Crippen molar-refractivity contribution in [2.24, 2.45) is 0 Å². The Hall–Kier alpha value is -1.66. The minimum absolute atomic E-state index is 0.345. The van der Waals surface area contributed by atoms with E-state index in [1.165, 1.54) is 0 Å². The third-order valence-electron chi connectivity index (χ3n) is 2.07. The third-order valence-corrected chi connectivity index (χ3v) is 2.27. The van der Waals surface area contributed by atoms with E-state index in [9.17, 15) is 0 Å². The highest BCUT2D eigenvalue weighted by Crippen LogP contribution is 2.13. The zero-order valence-corrected chi connectivity index (χ0v) is 10.3. The normalized spacial score (nSPS) is 10.5. The molecular weight excluding hydrogens is 242 g/mol. The highest BCUT2D eigenvalue weighted by atomic mass is 35.5. The summed E-state index contributed by atoms with van der Waals surface area (Å²) in [6, 6.07) is 1.78. The second kappa shape index (κ2) is 5.11. The van der Waals surface area contributed by atoms with Crippen molar-refractivity contribution < 1.29 is 4.74 Å². The molecule has 0 bridgehead atoms. The van der Waals surface area contributed by atoms with Crippen molar-refractivity contribution in [3.8, 4) is 5.82 Å². The summed E-state index contributed by atoms with van der Waals surface area (Å²) in [5.41, 5.74) is 0. The fourth-order valence-electron chi connectivity index (χ4n) is 1.35. The Morgan fingerprint density at radius 1 is 1.47 bits per heavy atom. The molecule has 0 aromatic carbocycles. The van der Waals surface area contributed by atoms with Gasteiger partial charge >= 0.3 is 0 Å². The molecule has 0 aliphatic heterocycles. The third kappa shape index (κ3) is 2.72. The predicted octanol–water partition coefficient (Wildman–Crippen LogP) is 1.50. The van der Waals surface area contributed by atoms with Crippen LogP contribution in [0.5, 0.6) is 0 Å². The summed E-state index contributed by atoms with van der Waals surface area (Å²) in [6.45, 7) is 0.345. The Balaban J connectivity index is 2.42. The van der Waals surface area contributed by atoms with Gasteiger partial charge in [-0.05, 0) is 0 Å². The highest BCUT2D eigenvalue weighted by Gasteiger charge is 2.06. The molecule has 0 fully saturated rings. The van der Waals surface area contributed by atoms with Crippen molar-refractivity contribution in [3.05, 3.63) is 29.3 Å². The van der Waals surface area contributed by atoms with Crippen LogP contribution >= 0.6 is 11.6 Å². The molecule has 2 rings (SSSR count). The molecule has 6 nitrogen and oxygen atoms in total. The number of nitrogens with one attached hydrogen (secondary N) is 1. The summed E-state index contributed by atoms with van der Waals surface area (Å²) >= 11 is 5.82. The Labute approximate surface area is 104 Å². The number of anilines is 1. The smallest absolute Gasteiger partial charge is 0.159 e. The lowest BCUT2D eigenvalue weighted by atomic mass is 10.5. The largest absolute Gasteiger partial charge is 0.377 e. The molecule has 0 aliphatic carbocycles. The van der Waals surface area contributed by atoms with Gasteiger partial charge in [0.2, 0.25) is 0 Å². The minimum atomic E-state index is 0.345. The van der Waals surface area contributed by atoms with Crippen LogP contribution in [0.3, 0.4) is 0 Å². The van der Waals surface area contributed by atoms with Crippen molar-refractivity contribution in [3.63, 3.8) is 0 Å². The van der Waals surface area contributed by atoms with Crippen LogP contribution in [0.1, 0.15) is 5.82 Å². The topological polar surface area (TPSA) is 64.9 Å². The molecule has 0 unspecified atom stereocenters. The zero-order valence-electron chi connectivity index (χ0n) is 9.51. The molecule has 0 spiro atoms. The fraction of sp³-hybridized carbons (Fsp3) is 0.300. The zero-order chi connectivity index (χ0) is 12.3. The first kappa shape index (κ1) is 11.8. The molecule has 0 saturated carbocycles. The summed E-state index contributed by atoms with van der Waals surface area (Å²) in [5.74, 6) is 1.93. The Kier molecular flexibility index (Phi) is 3.55. The summed E-state index contributed by atoms with van der Waals surface area (Å²) in [5, 5.41) is 7.61. The van der Waals surface area contributed by atoms with Gasteiger partial charge in [0.25, 0.3) is 0 Å². The van der Waals surface area contributed by atoms with Crippen LogP contribution in [-0.4, -0.2) is 33.9 Å². The first-order valence-corrected chi connectivity index (χ1v) is 5.36. The van der Waals surface area contributed by atoms with Crippen molar-refractivity contribution in [1.29, 1.82) is 0 Å². The molecule has 2 aromatic rings. The monoisotopic (exact) mass is 253 g/mol. The van der Waals surface area contributed by atoms with E-state index in [0.29, 0.717) is 29.1 Å². The molecule has 0 amide bonds. The minimum Gasteiger partial charge on any atom is -0.377 e. The maximum atomic E-state index is 5.82. The average Bonchev–Trinajstić information content (AvgIpc) is 2.76. The molecule has 0 radical (unpaired) electrons. The van der Waals surface area contributed by atoms with Gasteiger partial charge in [-0.2, -0.15) is 5.10 Å². The van der Waals surface area contributed by atoms with Gasteiger partial charge in [-0.1, -0.05) is 11.6 Å². The standard InChI is InChI=1S/C10H12ClN5O/c1-12-8-3-10(15-9(14-8)6-17-2)16-5-7(11)4-13-16/h3-5H,6H2,1-2H3,(H,12,14,15). The molecule has 1 N–H and O–H groups in total. The van der Waals surface area contributed by atoms with Crippen LogP contribution in [0.25, 0.3) is 5.82 Å². The Bertz CT molecular complexity index is 513. The van der Waals surface area contributed by atoms with Crippen molar-refractivity contribution >= 4 is 17.4 Å². The second-order valence-electron chi connectivity index (χ2n) is 3.31. The molecule has 90 valence electrons. The molecular formula is C10H12ClN5O. The van der Waals surface area contributed by atoms with Crippen LogP contribution in [0.4, 0.5) is 5.82 Å². The second-order valence-corrected chi connectivity index (χ2v) is 3.75. The first-order valence-electron chi connectivity index (χ1n) is 4.98. The molecule has 7 heteroatoms. The van der Waals surface area contributed by atoms with Crippen LogP contribution in [0.2, 0.25) is 5.02 Å². The number of halogens is 1. The van der Waals surface area contributed by atoms with E-state index in [1.807, 2.05) is 0 Å². The lowest BCUT2D eigenvalue weighted by Gasteiger charge is -2.06. The van der Waals surface area contributed by atoms with E-state index in [-0.39, 0.29) is 0 Å². The predicted molar refractivity (Wildman–Crippen MR) is 64.4 cm³/mol. The molecule has 0 saturated heterocycles. The van der Waals surface area contributed by atoms with E-state index >= 15 is 0 Å². The van der Waals surface area contributed by atoms with Gasteiger partial charge in [-0.3, -0.25) is 0 Å². The summed E-state index contributed by atoms with van der Waals surface area (Å²) in [6.07, 6.45) is 3.23. The van der Waals surface area contributed by atoms with Crippen molar-refractivity contribution in [2.45, 2.75) is 6.61 Å². The summed E-state index contributed by atoms with van der Waals surface area (Å²) < 4.78 is 6.60. The van der Waals surface area contributed by atoms with Crippen LogP contribution < -0.4 is 5.32 Å². The molecule has 0 aliphatic rings. The maximum absolute atomic E-state index is 5.82. The van der Waals surface area contributed by atoms with Crippen molar-refractivity contribution in [2.75, 3.05) is 19.5 Å². The van der Waals surface area contributed by atoms with Gasteiger partial charge in [-0.25, -0.2) is 14.6 Å². The quantitative estimate of drug-likeness (QED) is 0.895. The Morgan fingerprint density at radius 3 is 2.88 bits per heavy atom. The number of rotatable bonds is 4. The highest BCUT2D eigenvalue weighted by molar-refractivity contribution is 6.30. The Morgan fingerprint density at radius 2 is 2.29 bits per heavy atom. The van der Waals surface area contributed by atoms with E-state index in [0.717, 1.165) is 0 Å². The van der Waals surface area contributed by atoms with Crippen LogP contribution in [-0.2, 0) is 11.3 Å². The summed E-state index contributed by atoms with van der Waals surface area (Å²) in [4.78, 5) is 8.57. The number of nitrogens with zero attached hydrogens (tertiary/aromatic N) is 4. The van der Waals surface area contributed by atoms with Crippen LogP contribution in [0.15, 0.2) is 18.5 Å². The fourth-order valence-corrected chi connectivity index (χ4v) is 1.48. The number of ether oxygens (including phenoxy) is 1. The summed E-state index contributed by atoms with van der Waals surface area (Å²) in [7, 11) is 3.39. The van der Waals surface area contributed by atoms with Gasteiger partial charge in [0.15, 0.2) is 11.6 Å². The number of hydrogen-bond acceptors (Lipinski definition) is 5. The molecule has 17 heavy (non-hydrogen) atoms. The van der Waals surface area contributed by atoms with Gasteiger partial charge in [0.1, 0.15) is 12.4 Å². The average molecular weight is 254 g/mol. The van der Waals surface area contributed by atoms with Crippen LogP contribution in [0, 0.1) is 0 Å². The molecule has 2 aromatic heterocycles. The van der Waals surface area contributed by atoms with E-state index in [2.05, 4.69) is 20.4 Å². The lowest BCUT2D eigenvalue weighted by molar-refractivity contribution is 0.178. The molecule has 0 atom stereocenters. The van der Waals surface area contributed by atoms with Gasteiger partial charge < -0.3 is 10.1 Å². The van der Waals surface area contributed by atoms with Gasteiger partial charge in [-0.15, -0.1) is 0 Å². The van der Waals surface area contributed by atoms with Crippen molar-refractivity contribution in [1.82, 2.24) is 19.7 Å². The molecule has 2 heterocycles. The van der Waals surface area contributed by atoms with E-state index in [4.69, 9.17) is 16.3 Å². The lowest BCUT2D eigenvalue weighted by Crippen LogP contribution is -2.07. The number of hydrogen-bond donors (Lipinski definition) is 1. The SMILES string of the molecule is CNc1cc(-n2cc(Cl)cn2)nc(COC)n1.